The van der Waals surface area contributed by atoms with E-state index in [1.165, 1.54) is 0 Å². The Balaban J connectivity index is 3.48. The Morgan fingerprint density at radius 1 is 1.25 bits per heavy atom. The molecule has 0 radical (unpaired) electrons. The molecule has 0 saturated heterocycles. The molecular formula is C10H22N2. The first-order valence-corrected chi connectivity index (χ1v) is 4.58. The van der Waals surface area contributed by atoms with Crippen LogP contribution in [0, 0.1) is 11.8 Å². The van der Waals surface area contributed by atoms with Gasteiger partial charge >= 0.3 is 0 Å². The van der Waals surface area contributed by atoms with E-state index in [1.54, 1.807) is 0 Å². The van der Waals surface area contributed by atoms with Crippen LogP contribution < -0.4 is 5.32 Å². The van der Waals surface area contributed by atoms with E-state index in [9.17, 15) is 0 Å². The zero-order chi connectivity index (χ0) is 9.56. The van der Waals surface area contributed by atoms with E-state index >= 15 is 0 Å². The summed E-state index contributed by atoms with van der Waals surface area (Å²) in [6.07, 6.45) is 4.26. The Bertz CT molecular complexity index is 128. The molecule has 0 spiro atoms. The maximum absolute atomic E-state index is 3.22. The van der Waals surface area contributed by atoms with E-state index in [4.69, 9.17) is 0 Å². The minimum Gasteiger partial charge on any atom is -0.378 e. The van der Waals surface area contributed by atoms with Gasteiger partial charge in [-0.2, -0.15) is 0 Å². The molecular weight excluding hydrogens is 148 g/mol. The predicted molar refractivity (Wildman–Crippen MR) is 54.8 cm³/mol. The highest BCUT2D eigenvalue weighted by atomic mass is 15.2. The monoisotopic (exact) mass is 170 g/mol. The minimum atomic E-state index is 0.652. The van der Waals surface area contributed by atoms with Crippen molar-refractivity contribution < 1.29 is 0 Å². The third kappa shape index (κ3) is 6.23. The standard InChI is InChI=1S/C10H22N2/c1-9(2)10(3)6-7-11-8-12(4)5/h6-7,9-11H,8H2,1-5H3/b7-6-. The molecule has 0 aliphatic heterocycles. The van der Waals surface area contributed by atoms with Crippen molar-refractivity contribution >= 4 is 0 Å². The lowest BCUT2D eigenvalue weighted by atomic mass is 9.98. The van der Waals surface area contributed by atoms with Gasteiger partial charge in [0, 0.05) is 0 Å². The molecule has 1 N–H and O–H groups in total. The van der Waals surface area contributed by atoms with Gasteiger partial charge in [-0.15, -0.1) is 0 Å². The lowest BCUT2D eigenvalue weighted by Crippen LogP contribution is -2.24. The van der Waals surface area contributed by atoms with Crippen LogP contribution in [0.1, 0.15) is 20.8 Å². The fourth-order valence-electron chi connectivity index (χ4n) is 0.677. The van der Waals surface area contributed by atoms with Gasteiger partial charge in [0.2, 0.25) is 0 Å². The molecule has 0 aromatic carbocycles. The van der Waals surface area contributed by atoms with Gasteiger partial charge in [0.1, 0.15) is 0 Å². The first-order valence-electron chi connectivity index (χ1n) is 4.58. The zero-order valence-corrected chi connectivity index (χ0v) is 8.96. The summed E-state index contributed by atoms with van der Waals surface area (Å²) in [6, 6.07) is 0. The highest BCUT2D eigenvalue weighted by Crippen LogP contribution is 2.09. The van der Waals surface area contributed by atoms with Crippen molar-refractivity contribution in [2.75, 3.05) is 20.8 Å². The van der Waals surface area contributed by atoms with Crippen LogP contribution in [0.2, 0.25) is 0 Å². The summed E-state index contributed by atoms with van der Waals surface area (Å²) in [4.78, 5) is 2.10. The summed E-state index contributed by atoms with van der Waals surface area (Å²) in [5, 5.41) is 3.22. The summed E-state index contributed by atoms with van der Waals surface area (Å²) < 4.78 is 0. The fraction of sp³-hybridized carbons (Fsp3) is 0.800. The molecule has 0 heterocycles. The van der Waals surface area contributed by atoms with Crippen molar-refractivity contribution in [1.82, 2.24) is 10.2 Å². The number of rotatable bonds is 5. The number of hydrogen-bond acceptors (Lipinski definition) is 2. The van der Waals surface area contributed by atoms with Gasteiger partial charge < -0.3 is 5.32 Å². The van der Waals surface area contributed by atoms with Gasteiger partial charge in [0.15, 0.2) is 0 Å². The van der Waals surface area contributed by atoms with E-state index in [1.807, 2.05) is 20.3 Å². The SMILES string of the molecule is CC(C)C(C)/C=C\NCN(C)C. The molecule has 0 rings (SSSR count). The van der Waals surface area contributed by atoms with Crippen LogP contribution in [0.4, 0.5) is 0 Å². The Kier molecular flexibility index (Phi) is 5.81. The molecule has 0 saturated carbocycles. The maximum atomic E-state index is 3.22. The number of hydrogen-bond donors (Lipinski definition) is 1. The first kappa shape index (κ1) is 11.5. The van der Waals surface area contributed by atoms with Gasteiger partial charge in [-0.25, -0.2) is 0 Å². The summed E-state index contributed by atoms with van der Waals surface area (Å²) in [6.45, 7) is 7.61. The van der Waals surface area contributed by atoms with Crippen molar-refractivity contribution in [3.63, 3.8) is 0 Å². The summed E-state index contributed by atoms with van der Waals surface area (Å²) in [5.74, 6) is 1.38. The first-order chi connectivity index (χ1) is 5.54. The van der Waals surface area contributed by atoms with E-state index in [0.29, 0.717) is 5.92 Å². The number of nitrogens with one attached hydrogen (secondary N) is 1. The molecule has 0 fully saturated rings. The van der Waals surface area contributed by atoms with E-state index < -0.39 is 0 Å². The van der Waals surface area contributed by atoms with Gasteiger partial charge in [0.05, 0.1) is 6.67 Å². The molecule has 0 bridgehead atoms. The van der Waals surface area contributed by atoms with Crippen molar-refractivity contribution in [3.05, 3.63) is 12.3 Å². The smallest absolute Gasteiger partial charge is 0.0668 e. The number of nitrogens with zero attached hydrogens (tertiary/aromatic N) is 1. The van der Waals surface area contributed by atoms with E-state index in [2.05, 4.69) is 37.1 Å². The van der Waals surface area contributed by atoms with Crippen molar-refractivity contribution in [3.8, 4) is 0 Å². The third-order valence-electron chi connectivity index (χ3n) is 1.98. The second-order valence-corrected chi connectivity index (χ2v) is 3.90. The maximum Gasteiger partial charge on any atom is 0.0668 e. The molecule has 0 aromatic heterocycles. The second kappa shape index (κ2) is 6.06. The normalized spacial score (nSPS) is 14.6. The van der Waals surface area contributed by atoms with Crippen LogP contribution in [-0.2, 0) is 0 Å². The molecule has 2 heteroatoms. The lowest BCUT2D eigenvalue weighted by Gasteiger charge is -2.11. The summed E-state index contributed by atoms with van der Waals surface area (Å²) >= 11 is 0. The molecule has 2 nitrogen and oxygen atoms in total. The average Bonchev–Trinajstić information content (AvgIpc) is 1.97. The third-order valence-corrected chi connectivity index (χ3v) is 1.98. The fourth-order valence-corrected chi connectivity index (χ4v) is 0.677. The zero-order valence-electron chi connectivity index (χ0n) is 8.96. The van der Waals surface area contributed by atoms with Gasteiger partial charge in [-0.1, -0.05) is 26.8 Å². The second-order valence-electron chi connectivity index (χ2n) is 3.90. The van der Waals surface area contributed by atoms with Crippen molar-refractivity contribution in [1.29, 1.82) is 0 Å². The molecule has 0 aliphatic rings. The summed E-state index contributed by atoms with van der Waals surface area (Å²) in [7, 11) is 4.10. The predicted octanol–water partition coefficient (Wildman–Crippen LogP) is 1.90. The minimum absolute atomic E-state index is 0.652. The molecule has 0 aliphatic carbocycles. The topological polar surface area (TPSA) is 15.3 Å². The quantitative estimate of drug-likeness (QED) is 0.634. The molecule has 0 aromatic rings. The molecule has 1 unspecified atom stereocenters. The van der Waals surface area contributed by atoms with Gasteiger partial charge in [-0.3, -0.25) is 4.90 Å². The Morgan fingerprint density at radius 2 is 1.83 bits per heavy atom. The Labute approximate surface area is 76.6 Å². The van der Waals surface area contributed by atoms with Gasteiger partial charge in [0.25, 0.3) is 0 Å². The van der Waals surface area contributed by atoms with Crippen LogP contribution in [0.25, 0.3) is 0 Å². The molecule has 12 heavy (non-hydrogen) atoms. The van der Waals surface area contributed by atoms with E-state index in [0.717, 1.165) is 12.6 Å². The molecule has 72 valence electrons. The van der Waals surface area contributed by atoms with Crippen LogP contribution in [0.15, 0.2) is 12.3 Å². The van der Waals surface area contributed by atoms with Crippen molar-refractivity contribution in [2.45, 2.75) is 20.8 Å². The van der Waals surface area contributed by atoms with Gasteiger partial charge in [-0.05, 0) is 32.1 Å². The van der Waals surface area contributed by atoms with Crippen LogP contribution in [0.3, 0.4) is 0 Å². The Morgan fingerprint density at radius 3 is 2.25 bits per heavy atom. The molecule has 1 atom stereocenters. The highest BCUT2D eigenvalue weighted by molar-refractivity contribution is 4.85. The van der Waals surface area contributed by atoms with Crippen LogP contribution in [-0.4, -0.2) is 25.7 Å². The Hall–Kier alpha value is -0.500. The summed E-state index contributed by atoms with van der Waals surface area (Å²) in [5.41, 5.74) is 0. The number of allylic oxidation sites excluding steroid dienone is 1. The van der Waals surface area contributed by atoms with E-state index in [-0.39, 0.29) is 0 Å². The van der Waals surface area contributed by atoms with Crippen molar-refractivity contribution in [2.24, 2.45) is 11.8 Å². The lowest BCUT2D eigenvalue weighted by molar-refractivity contribution is 0.391. The van der Waals surface area contributed by atoms with Crippen LogP contribution in [0.5, 0.6) is 0 Å². The van der Waals surface area contributed by atoms with Crippen LogP contribution >= 0.6 is 0 Å². The largest absolute Gasteiger partial charge is 0.378 e. The molecule has 0 amide bonds. The average molecular weight is 170 g/mol. The highest BCUT2D eigenvalue weighted by Gasteiger charge is 2.00.